The SMILES string of the molecule is Cc1cccc(F)c1-c1nc(-c2ccc(F)cn2)n(COCC[Si](C)(C)C)c1Cl. The normalized spacial score (nSPS) is 11.8. The number of imidazole rings is 1. The van der Waals surface area contributed by atoms with Crippen molar-refractivity contribution >= 4 is 19.7 Å². The minimum Gasteiger partial charge on any atom is -0.361 e. The maximum Gasteiger partial charge on any atom is 0.162 e. The molecule has 4 nitrogen and oxygen atoms in total. The van der Waals surface area contributed by atoms with Crippen LogP contribution in [-0.2, 0) is 11.5 Å². The Morgan fingerprint density at radius 1 is 1.14 bits per heavy atom. The average Bonchev–Trinajstić information content (AvgIpc) is 2.95. The van der Waals surface area contributed by atoms with E-state index in [0.29, 0.717) is 29.4 Å². The van der Waals surface area contributed by atoms with Crippen LogP contribution in [0.4, 0.5) is 8.78 Å². The highest BCUT2D eigenvalue weighted by atomic mass is 35.5. The Bertz CT molecular complexity index is 980. The standard InChI is InChI=1S/C21H24ClF2N3OSi/c1-14-6-5-7-16(24)18(14)19-20(22)27(13-28-10-11-29(2,3)4)21(26-19)17-9-8-15(23)12-25-17/h5-9,12H,10-11,13H2,1-4H3. The first kappa shape index (κ1) is 21.6. The van der Waals surface area contributed by atoms with Crippen LogP contribution < -0.4 is 0 Å². The first-order chi connectivity index (χ1) is 13.7. The molecule has 29 heavy (non-hydrogen) atoms. The molecule has 3 aromatic rings. The van der Waals surface area contributed by atoms with Crippen molar-refractivity contribution in [2.24, 2.45) is 0 Å². The highest BCUT2D eigenvalue weighted by Gasteiger charge is 2.23. The topological polar surface area (TPSA) is 39.9 Å². The van der Waals surface area contributed by atoms with Crippen LogP contribution in [0.15, 0.2) is 36.5 Å². The summed E-state index contributed by atoms with van der Waals surface area (Å²) in [5.41, 5.74) is 1.80. The van der Waals surface area contributed by atoms with E-state index in [2.05, 4.69) is 29.6 Å². The van der Waals surface area contributed by atoms with Crippen LogP contribution >= 0.6 is 11.6 Å². The zero-order valence-corrected chi connectivity index (χ0v) is 18.7. The summed E-state index contributed by atoms with van der Waals surface area (Å²) in [4.78, 5) is 8.67. The number of nitrogens with zero attached hydrogens (tertiary/aromatic N) is 3. The molecule has 3 rings (SSSR count). The highest BCUT2D eigenvalue weighted by Crippen LogP contribution is 2.35. The molecule has 0 aliphatic carbocycles. The number of benzene rings is 1. The molecule has 0 N–H and O–H groups in total. The molecule has 0 fully saturated rings. The van der Waals surface area contributed by atoms with E-state index in [1.165, 1.54) is 18.2 Å². The lowest BCUT2D eigenvalue weighted by Crippen LogP contribution is -2.22. The lowest BCUT2D eigenvalue weighted by atomic mass is 10.1. The van der Waals surface area contributed by atoms with Crippen LogP contribution in [-0.4, -0.2) is 29.2 Å². The molecule has 0 aliphatic rings. The van der Waals surface area contributed by atoms with Crippen molar-refractivity contribution in [3.05, 3.63) is 58.9 Å². The number of rotatable bonds is 7. The van der Waals surface area contributed by atoms with Gasteiger partial charge in [-0.2, -0.15) is 0 Å². The summed E-state index contributed by atoms with van der Waals surface area (Å²) in [7, 11) is -1.24. The third-order valence-corrected chi connectivity index (χ3v) is 6.62. The van der Waals surface area contributed by atoms with Crippen LogP contribution in [0, 0.1) is 18.6 Å². The molecule has 0 aliphatic heterocycles. The van der Waals surface area contributed by atoms with Crippen LogP contribution in [0.3, 0.4) is 0 Å². The number of hydrogen-bond acceptors (Lipinski definition) is 3. The van der Waals surface area contributed by atoms with Crippen molar-refractivity contribution in [2.75, 3.05) is 6.61 Å². The predicted molar refractivity (Wildman–Crippen MR) is 115 cm³/mol. The summed E-state index contributed by atoms with van der Waals surface area (Å²) >= 11 is 6.62. The van der Waals surface area contributed by atoms with Gasteiger partial charge in [0, 0.05) is 20.2 Å². The van der Waals surface area contributed by atoms with Gasteiger partial charge in [-0.15, -0.1) is 0 Å². The minimum absolute atomic E-state index is 0.151. The van der Waals surface area contributed by atoms with E-state index >= 15 is 0 Å². The fraction of sp³-hybridized carbons (Fsp3) is 0.333. The summed E-state index contributed by atoms with van der Waals surface area (Å²) < 4.78 is 35.4. The lowest BCUT2D eigenvalue weighted by molar-refractivity contribution is 0.0884. The third kappa shape index (κ3) is 5.10. The second-order valence-electron chi connectivity index (χ2n) is 8.14. The molecule has 0 bridgehead atoms. The van der Waals surface area contributed by atoms with Crippen molar-refractivity contribution in [3.8, 4) is 22.8 Å². The van der Waals surface area contributed by atoms with Crippen molar-refractivity contribution in [3.63, 3.8) is 0 Å². The maximum absolute atomic E-state index is 14.6. The van der Waals surface area contributed by atoms with E-state index in [4.69, 9.17) is 16.3 Å². The van der Waals surface area contributed by atoms with Crippen LogP contribution in [0.25, 0.3) is 22.8 Å². The van der Waals surface area contributed by atoms with Gasteiger partial charge >= 0.3 is 0 Å². The molecule has 2 aromatic heterocycles. The van der Waals surface area contributed by atoms with Gasteiger partial charge in [0.2, 0.25) is 0 Å². The zero-order valence-electron chi connectivity index (χ0n) is 17.0. The van der Waals surface area contributed by atoms with Gasteiger partial charge in [-0.05, 0) is 36.7 Å². The lowest BCUT2D eigenvalue weighted by Gasteiger charge is -2.16. The molecule has 8 heteroatoms. The molecule has 0 amide bonds. The van der Waals surface area contributed by atoms with E-state index in [-0.39, 0.29) is 11.9 Å². The van der Waals surface area contributed by atoms with Crippen LogP contribution in [0.2, 0.25) is 30.8 Å². The van der Waals surface area contributed by atoms with Gasteiger partial charge in [0.15, 0.2) is 5.82 Å². The van der Waals surface area contributed by atoms with E-state index in [9.17, 15) is 8.78 Å². The number of ether oxygens (including phenoxy) is 1. The number of hydrogen-bond donors (Lipinski definition) is 0. The molecule has 0 unspecified atom stereocenters. The Morgan fingerprint density at radius 2 is 1.90 bits per heavy atom. The largest absolute Gasteiger partial charge is 0.361 e. The summed E-state index contributed by atoms with van der Waals surface area (Å²) in [5, 5.41) is 0.257. The number of pyridine rings is 1. The van der Waals surface area contributed by atoms with E-state index in [1.54, 1.807) is 23.6 Å². The average molecular weight is 436 g/mol. The molecule has 0 saturated heterocycles. The Labute approximate surface area is 175 Å². The molecular formula is C21H24ClF2N3OSi. The van der Waals surface area contributed by atoms with Gasteiger partial charge < -0.3 is 4.74 Å². The van der Waals surface area contributed by atoms with E-state index in [1.807, 2.05) is 0 Å². The van der Waals surface area contributed by atoms with Crippen LogP contribution in [0.1, 0.15) is 5.56 Å². The quantitative estimate of drug-likeness (QED) is 0.329. The molecule has 0 spiro atoms. The first-order valence-electron chi connectivity index (χ1n) is 9.38. The second kappa shape index (κ2) is 8.73. The summed E-state index contributed by atoms with van der Waals surface area (Å²) in [6.45, 7) is 9.36. The Morgan fingerprint density at radius 3 is 2.52 bits per heavy atom. The van der Waals surface area contributed by atoms with Crippen molar-refractivity contribution in [1.82, 2.24) is 14.5 Å². The van der Waals surface area contributed by atoms with Crippen molar-refractivity contribution in [2.45, 2.75) is 39.3 Å². The molecule has 0 radical (unpaired) electrons. The van der Waals surface area contributed by atoms with Gasteiger partial charge in [0.1, 0.15) is 34.9 Å². The molecule has 2 heterocycles. The number of halogens is 3. The minimum atomic E-state index is -1.24. The summed E-state index contributed by atoms with van der Waals surface area (Å²) in [6.07, 6.45) is 1.11. The third-order valence-electron chi connectivity index (χ3n) is 4.54. The maximum atomic E-state index is 14.6. The van der Waals surface area contributed by atoms with Crippen molar-refractivity contribution in [1.29, 1.82) is 0 Å². The number of aromatic nitrogens is 3. The van der Waals surface area contributed by atoms with Gasteiger partial charge in [0.05, 0.1) is 6.20 Å². The smallest absolute Gasteiger partial charge is 0.162 e. The van der Waals surface area contributed by atoms with Gasteiger partial charge in [-0.3, -0.25) is 4.57 Å². The molecular weight excluding hydrogens is 412 g/mol. The monoisotopic (exact) mass is 435 g/mol. The summed E-state index contributed by atoms with van der Waals surface area (Å²) in [6, 6.07) is 8.63. The van der Waals surface area contributed by atoms with Crippen molar-refractivity contribution < 1.29 is 13.5 Å². The Balaban J connectivity index is 2.02. The number of aryl methyl sites for hydroxylation is 1. The fourth-order valence-electron chi connectivity index (χ4n) is 2.88. The first-order valence-corrected chi connectivity index (χ1v) is 13.5. The zero-order chi connectivity index (χ0) is 21.2. The van der Waals surface area contributed by atoms with Gasteiger partial charge in [-0.1, -0.05) is 43.4 Å². The second-order valence-corrected chi connectivity index (χ2v) is 14.1. The Kier molecular flexibility index (Phi) is 6.51. The van der Waals surface area contributed by atoms with E-state index < -0.39 is 19.7 Å². The van der Waals surface area contributed by atoms with Gasteiger partial charge in [0.25, 0.3) is 0 Å². The molecule has 0 atom stereocenters. The Hall–Kier alpha value is -2.09. The highest BCUT2D eigenvalue weighted by molar-refractivity contribution is 6.76. The van der Waals surface area contributed by atoms with E-state index in [0.717, 1.165) is 17.8 Å². The molecule has 0 saturated carbocycles. The predicted octanol–water partition coefficient (Wildman–Crippen LogP) is 6.16. The molecule has 1 aromatic carbocycles. The fourth-order valence-corrected chi connectivity index (χ4v) is 3.90. The van der Waals surface area contributed by atoms with Crippen LogP contribution in [0.5, 0.6) is 0 Å². The molecule has 154 valence electrons. The van der Waals surface area contributed by atoms with Gasteiger partial charge in [-0.25, -0.2) is 18.7 Å². The summed E-state index contributed by atoms with van der Waals surface area (Å²) in [5.74, 6) is -0.454.